The molecule has 3 heterocycles. The first kappa shape index (κ1) is 16.4. The fourth-order valence-electron chi connectivity index (χ4n) is 2.60. The van der Waals surface area contributed by atoms with E-state index < -0.39 is 27.6 Å². The lowest BCUT2D eigenvalue weighted by molar-refractivity contribution is -0.0519. The molecule has 0 spiro atoms. The first-order chi connectivity index (χ1) is 10.8. The van der Waals surface area contributed by atoms with Crippen molar-refractivity contribution in [3.05, 3.63) is 17.8 Å². The van der Waals surface area contributed by atoms with Gasteiger partial charge in [-0.3, -0.25) is 0 Å². The molecule has 1 saturated heterocycles. The maximum Gasteiger partial charge on any atom is 0.241 e. The maximum atomic E-state index is 10.3. The summed E-state index contributed by atoms with van der Waals surface area (Å²) in [6, 6.07) is 4.99. The van der Waals surface area contributed by atoms with Crippen molar-refractivity contribution in [1.29, 1.82) is 5.26 Å². The number of fused-ring (bicyclic) bond motifs is 1. The highest BCUT2D eigenvalue weighted by Gasteiger charge is 2.66. The molecule has 5 N–H and O–H groups in total. The monoisotopic (exact) mass is 447 g/mol. The van der Waals surface area contributed by atoms with Crippen LogP contribution in [0.25, 0.3) is 5.52 Å². The van der Waals surface area contributed by atoms with Crippen LogP contribution < -0.4 is 5.73 Å². The van der Waals surface area contributed by atoms with E-state index >= 15 is 0 Å². The number of nitrogens with two attached hydrogens (primary N) is 1. The predicted octanol–water partition coefficient (Wildman–Crippen LogP) is -0.0259. The van der Waals surface area contributed by atoms with E-state index in [0.29, 0.717) is 0 Å². The molecule has 11 heteroatoms. The number of ether oxygens (including phenoxy) is 1. The molecule has 122 valence electrons. The highest BCUT2D eigenvalue weighted by molar-refractivity contribution is 9.25. The van der Waals surface area contributed by atoms with E-state index in [1.54, 1.807) is 0 Å². The van der Waals surface area contributed by atoms with Gasteiger partial charge in [0.15, 0.2) is 3.23 Å². The van der Waals surface area contributed by atoms with Crippen molar-refractivity contribution in [3.8, 4) is 11.9 Å². The summed E-state index contributed by atoms with van der Waals surface area (Å²) in [6.45, 7) is -0.491. The third-order valence-corrected chi connectivity index (χ3v) is 5.78. The smallest absolute Gasteiger partial charge is 0.241 e. The summed E-state index contributed by atoms with van der Waals surface area (Å²) < 4.78 is 5.44. The van der Waals surface area contributed by atoms with Gasteiger partial charge in [0, 0.05) is 0 Å². The molecule has 0 amide bonds. The number of hydrogen-bond acceptors (Lipinski definition) is 8. The summed E-state index contributed by atoms with van der Waals surface area (Å²) in [5.41, 5.74) is 4.20. The van der Waals surface area contributed by atoms with Crippen LogP contribution in [0.4, 0.5) is 5.95 Å². The first-order valence-corrected chi connectivity index (χ1v) is 7.97. The van der Waals surface area contributed by atoms with Gasteiger partial charge < -0.3 is 25.8 Å². The van der Waals surface area contributed by atoms with Crippen LogP contribution >= 0.6 is 31.9 Å². The molecular weight excluding hydrogens is 438 g/mol. The molecule has 23 heavy (non-hydrogen) atoms. The Kier molecular flexibility index (Phi) is 3.77. The van der Waals surface area contributed by atoms with E-state index in [1.165, 1.54) is 16.6 Å². The number of nitrogens with zero attached hydrogens (tertiary/aromatic N) is 4. The Morgan fingerprint density at radius 1 is 1.48 bits per heavy atom. The fraction of sp³-hybridized carbons (Fsp3) is 0.417. The van der Waals surface area contributed by atoms with Crippen LogP contribution in [0.2, 0.25) is 0 Å². The van der Waals surface area contributed by atoms with Crippen LogP contribution in [-0.4, -0.2) is 52.0 Å². The standard InChI is InChI=1S/C12H11Br2N5O4/c13-12(14)8(21)6(3-20)23-11(12,4-15)7-2-1-5-9(22)17-10(16)18-19(5)7/h1-2,6,8,20-21H,3H2,(H3,16,17,18,22)/t6-,8?,11+/m1/s1. The molecule has 0 bridgehead atoms. The molecule has 2 aromatic rings. The summed E-state index contributed by atoms with van der Waals surface area (Å²) in [7, 11) is 0. The van der Waals surface area contributed by atoms with Gasteiger partial charge in [-0.25, -0.2) is 4.52 Å². The van der Waals surface area contributed by atoms with Crippen LogP contribution in [0.3, 0.4) is 0 Å². The maximum absolute atomic E-state index is 10.3. The van der Waals surface area contributed by atoms with E-state index in [9.17, 15) is 20.6 Å². The van der Waals surface area contributed by atoms with E-state index in [1.807, 2.05) is 6.07 Å². The summed E-state index contributed by atoms with van der Waals surface area (Å²) in [5.74, 6) is -0.559. The van der Waals surface area contributed by atoms with Crippen LogP contribution in [0.15, 0.2) is 12.1 Å². The molecule has 3 atom stereocenters. The third-order valence-electron chi connectivity index (χ3n) is 3.73. The van der Waals surface area contributed by atoms with Crippen molar-refractivity contribution < 1.29 is 20.1 Å². The number of nitrogen functional groups attached to an aromatic ring is 1. The average Bonchev–Trinajstić information content (AvgIpc) is 2.99. The van der Waals surface area contributed by atoms with E-state index in [-0.39, 0.29) is 23.0 Å². The SMILES string of the molecule is N#C[C@@]1(c2ccc3c(O)nc(N)nn23)O[C@H](CO)C(O)C1(Br)Br. The van der Waals surface area contributed by atoms with Gasteiger partial charge in [-0.15, -0.1) is 5.10 Å². The minimum atomic E-state index is -1.75. The Bertz CT molecular complexity index is 820. The van der Waals surface area contributed by atoms with E-state index in [0.717, 1.165) is 0 Å². The number of aliphatic hydroxyl groups is 2. The highest BCUT2D eigenvalue weighted by Crippen LogP contribution is 2.56. The minimum Gasteiger partial charge on any atom is -0.492 e. The van der Waals surface area contributed by atoms with E-state index in [4.69, 9.17) is 10.5 Å². The zero-order valence-corrected chi connectivity index (χ0v) is 14.6. The molecule has 3 rings (SSSR count). The van der Waals surface area contributed by atoms with Crippen molar-refractivity contribution >= 4 is 43.3 Å². The van der Waals surface area contributed by atoms with Crippen LogP contribution in [-0.2, 0) is 10.3 Å². The quantitative estimate of drug-likeness (QED) is 0.468. The molecule has 0 saturated carbocycles. The Morgan fingerprint density at radius 3 is 2.74 bits per heavy atom. The lowest BCUT2D eigenvalue weighted by Gasteiger charge is -2.31. The van der Waals surface area contributed by atoms with Crippen LogP contribution in [0.1, 0.15) is 5.69 Å². The van der Waals surface area contributed by atoms with Gasteiger partial charge in [0.05, 0.1) is 12.3 Å². The zero-order chi connectivity index (χ0) is 17.0. The first-order valence-electron chi connectivity index (χ1n) is 6.39. The number of alkyl halides is 2. The summed E-state index contributed by atoms with van der Waals surface area (Å²) >= 11 is 6.55. The summed E-state index contributed by atoms with van der Waals surface area (Å²) in [5, 5.41) is 43.3. The van der Waals surface area contributed by atoms with Crippen molar-refractivity contribution in [2.75, 3.05) is 12.3 Å². The summed E-state index contributed by atoms with van der Waals surface area (Å²) in [4.78, 5) is 3.64. The van der Waals surface area contributed by atoms with Gasteiger partial charge in [-0.2, -0.15) is 10.2 Å². The van der Waals surface area contributed by atoms with Gasteiger partial charge in [0.1, 0.15) is 23.8 Å². The van der Waals surface area contributed by atoms with Crippen molar-refractivity contribution in [2.45, 2.75) is 21.0 Å². The number of rotatable bonds is 2. The Labute approximate surface area is 146 Å². The molecule has 1 unspecified atom stereocenters. The normalized spacial score (nSPS) is 29.7. The lowest BCUT2D eigenvalue weighted by atomic mass is 9.95. The molecule has 1 aliphatic rings. The number of hydrogen-bond donors (Lipinski definition) is 4. The van der Waals surface area contributed by atoms with Crippen LogP contribution in [0, 0.1) is 11.3 Å². The number of anilines is 1. The second-order valence-electron chi connectivity index (χ2n) is 5.01. The zero-order valence-electron chi connectivity index (χ0n) is 11.4. The van der Waals surface area contributed by atoms with Crippen LogP contribution in [0.5, 0.6) is 5.88 Å². The largest absolute Gasteiger partial charge is 0.492 e. The Balaban J connectivity index is 2.29. The molecule has 9 nitrogen and oxygen atoms in total. The molecule has 0 aromatic carbocycles. The van der Waals surface area contributed by atoms with Gasteiger partial charge >= 0.3 is 0 Å². The molecule has 0 radical (unpaired) electrons. The molecule has 0 aliphatic carbocycles. The molecule has 2 aromatic heterocycles. The van der Waals surface area contributed by atoms with Crippen molar-refractivity contribution in [3.63, 3.8) is 0 Å². The number of nitriles is 1. The van der Waals surface area contributed by atoms with Gasteiger partial charge in [-0.1, -0.05) is 31.9 Å². The molecule has 1 aliphatic heterocycles. The van der Waals surface area contributed by atoms with Crippen molar-refractivity contribution in [1.82, 2.24) is 14.6 Å². The topological polar surface area (TPSA) is 150 Å². The number of halogens is 2. The van der Waals surface area contributed by atoms with Crippen molar-refractivity contribution in [2.24, 2.45) is 0 Å². The number of aromatic hydroxyl groups is 1. The number of aliphatic hydroxyl groups excluding tert-OH is 2. The van der Waals surface area contributed by atoms with Gasteiger partial charge in [0.25, 0.3) is 0 Å². The predicted molar refractivity (Wildman–Crippen MR) is 84.9 cm³/mol. The second-order valence-corrected chi connectivity index (χ2v) is 8.57. The number of aromatic nitrogens is 3. The van der Waals surface area contributed by atoms with Gasteiger partial charge in [-0.05, 0) is 12.1 Å². The summed E-state index contributed by atoms with van der Waals surface area (Å²) in [6.07, 6.45) is -2.24. The molecular formula is C12H11Br2N5O4. The lowest BCUT2D eigenvalue weighted by Crippen LogP contribution is -2.45. The third kappa shape index (κ3) is 2.06. The van der Waals surface area contributed by atoms with E-state index in [2.05, 4.69) is 41.9 Å². The second kappa shape index (κ2) is 5.29. The highest BCUT2D eigenvalue weighted by atomic mass is 79.9. The molecule has 1 fully saturated rings. The van der Waals surface area contributed by atoms with Gasteiger partial charge in [0.2, 0.25) is 17.4 Å². The fourth-order valence-corrected chi connectivity index (χ4v) is 3.96. The minimum absolute atomic E-state index is 0.197. The Hall–Kier alpha value is -1.45. The average molecular weight is 449 g/mol. The Morgan fingerprint density at radius 2 is 2.17 bits per heavy atom.